The van der Waals surface area contributed by atoms with E-state index in [-0.39, 0.29) is 17.7 Å². The van der Waals surface area contributed by atoms with Crippen molar-refractivity contribution in [1.29, 1.82) is 0 Å². The van der Waals surface area contributed by atoms with E-state index in [2.05, 4.69) is 0 Å². The summed E-state index contributed by atoms with van der Waals surface area (Å²) >= 11 is 6.02. The lowest BCUT2D eigenvalue weighted by atomic mass is 10.00. The zero-order valence-electron chi connectivity index (χ0n) is 17.2. The standard InChI is InChI=1S/C25H17ClN2O5/c26-16-8-6-14(7-9-16)22(25(27)31)28-12-18(23(29)15-4-2-1-3-5-15)24(30)17-10-20-21(11-19(17)28)33-13-32-20/h1-12,22H,13H2,(H2,27,31). The summed E-state index contributed by atoms with van der Waals surface area (Å²) in [5.41, 5.74) is 6.52. The monoisotopic (exact) mass is 460 g/mol. The fraction of sp³-hybridized carbons (Fsp3) is 0.0800. The zero-order chi connectivity index (χ0) is 23.1. The molecule has 2 heterocycles. The third-order valence-corrected chi connectivity index (χ3v) is 5.79. The van der Waals surface area contributed by atoms with Gasteiger partial charge in [0, 0.05) is 22.8 Å². The Morgan fingerprint density at radius 3 is 2.30 bits per heavy atom. The van der Waals surface area contributed by atoms with Crippen LogP contribution in [-0.4, -0.2) is 23.1 Å². The van der Waals surface area contributed by atoms with E-state index in [1.54, 1.807) is 60.7 Å². The maximum absolute atomic E-state index is 13.4. The Hall–Kier alpha value is -4.10. The summed E-state index contributed by atoms with van der Waals surface area (Å²) in [4.78, 5) is 39.3. The summed E-state index contributed by atoms with van der Waals surface area (Å²) in [6.07, 6.45) is 1.38. The molecule has 1 aliphatic rings. The number of amides is 1. The molecule has 0 saturated heterocycles. The molecule has 1 unspecified atom stereocenters. The second kappa shape index (κ2) is 8.11. The molecule has 1 amide bonds. The largest absolute Gasteiger partial charge is 0.454 e. The maximum Gasteiger partial charge on any atom is 0.245 e. The number of carbonyl (C=O) groups is 2. The maximum atomic E-state index is 13.4. The number of ketones is 1. The van der Waals surface area contributed by atoms with E-state index in [9.17, 15) is 14.4 Å². The molecular weight excluding hydrogens is 444 g/mol. The fourth-order valence-electron chi connectivity index (χ4n) is 3.97. The van der Waals surface area contributed by atoms with Gasteiger partial charge in [-0.25, -0.2) is 0 Å². The third-order valence-electron chi connectivity index (χ3n) is 5.54. The van der Waals surface area contributed by atoms with Gasteiger partial charge in [-0.1, -0.05) is 54.1 Å². The Kier molecular flexibility index (Phi) is 5.11. The van der Waals surface area contributed by atoms with Crippen molar-refractivity contribution in [2.45, 2.75) is 6.04 Å². The summed E-state index contributed by atoms with van der Waals surface area (Å²) in [6, 6.07) is 17.2. The lowest BCUT2D eigenvalue weighted by molar-refractivity contribution is -0.120. The van der Waals surface area contributed by atoms with Crippen LogP contribution >= 0.6 is 11.6 Å². The minimum absolute atomic E-state index is 0.00603. The highest BCUT2D eigenvalue weighted by Gasteiger charge is 2.27. The van der Waals surface area contributed by atoms with Crippen molar-refractivity contribution in [3.8, 4) is 11.5 Å². The number of hydrogen-bond acceptors (Lipinski definition) is 5. The van der Waals surface area contributed by atoms with Crippen molar-refractivity contribution in [1.82, 2.24) is 4.57 Å². The average molecular weight is 461 g/mol. The second-order valence-corrected chi connectivity index (χ2v) is 7.99. The molecule has 164 valence electrons. The topological polar surface area (TPSA) is 101 Å². The van der Waals surface area contributed by atoms with Crippen molar-refractivity contribution >= 4 is 34.2 Å². The lowest BCUT2D eigenvalue weighted by Gasteiger charge is -2.22. The SMILES string of the molecule is NC(=O)C(c1ccc(Cl)cc1)n1cc(C(=O)c2ccccc2)c(=O)c2cc3c(cc21)OCO3. The summed E-state index contributed by atoms with van der Waals surface area (Å²) in [5, 5.41) is 0.705. The first-order valence-corrected chi connectivity index (χ1v) is 10.4. The van der Waals surface area contributed by atoms with Gasteiger partial charge in [0.15, 0.2) is 17.3 Å². The highest BCUT2D eigenvalue weighted by Crippen LogP contribution is 2.36. The van der Waals surface area contributed by atoms with Gasteiger partial charge in [0.25, 0.3) is 0 Å². The quantitative estimate of drug-likeness (QED) is 0.458. The normalized spacial score (nSPS) is 13.1. The Labute approximate surface area is 192 Å². The van der Waals surface area contributed by atoms with Crippen molar-refractivity contribution in [3.05, 3.63) is 105 Å². The molecule has 4 aromatic rings. The minimum atomic E-state index is -1.01. The van der Waals surface area contributed by atoms with Crippen LogP contribution in [0.5, 0.6) is 11.5 Å². The Balaban J connectivity index is 1.82. The lowest BCUT2D eigenvalue weighted by Crippen LogP contribution is -2.30. The molecule has 8 heteroatoms. The van der Waals surface area contributed by atoms with Gasteiger partial charge in [-0.3, -0.25) is 14.4 Å². The van der Waals surface area contributed by atoms with Gasteiger partial charge in [-0.2, -0.15) is 0 Å². The third kappa shape index (κ3) is 3.62. The second-order valence-electron chi connectivity index (χ2n) is 7.55. The van der Waals surface area contributed by atoms with Gasteiger partial charge in [0.2, 0.25) is 18.1 Å². The smallest absolute Gasteiger partial charge is 0.245 e. The average Bonchev–Trinajstić information content (AvgIpc) is 3.28. The van der Waals surface area contributed by atoms with Crippen molar-refractivity contribution in [2.75, 3.05) is 6.79 Å². The van der Waals surface area contributed by atoms with E-state index in [4.69, 9.17) is 26.8 Å². The number of aromatic nitrogens is 1. The molecule has 3 aromatic carbocycles. The van der Waals surface area contributed by atoms with Gasteiger partial charge in [-0.05, 0) is 23.8 Å². The van der Waals surface area contributed by atoms with E-state index in [1.807, 2.05) is 0 Å². The number of rotatable bonds is 5. The number of primary amides is 1. The van der Waals surface area contributed by atoms with Gasteiger partial charge < -0.3 is 19.8 Å². The first-order chi connectivity index (χ1) is 15.9. The van der Waals surface area contributed by atoms with Crippen LogP contribution in [0.15, 0.2) is 77.7 Å². The summed E-state index contributed by atoms with van der Waals surface area (Å²) in [7, 11) is 0. The minimum Gasteiger partial charge on any atom is -0.454 e. The Bertz CT molecular complexity index is 1460. The predicted molar refractivity (Wildman–Crippen MR) is 123 cm³/mol. The highest BCUT2D eigenvalue weighted by molar-refractivity contribution is 6.30. The van der Waals surface area contributed by atoms with E-state index in [0.717, 1.165) is 0 Å². The molecule has 0 saturated carbocycles. The molecule has 0 radical (unpaired) electrons. The molecule has 2 N–H and O–H groups in total. The predicted octanol–water partition coefficient (Wildman–Crippen LogP) is 3.69. The number of ether oxygens (including phenoxy) is 2. The van der Waals surface area contributed by atoms with Crippen molar-refractivity contribution in [2.24, 2.45) is 5.73 Å². The van der Waals surface area contributed by atoms with Crippen LogP contribution < -0.4 is 20.6 Å². The number of carbonyl (C=O) groups excluding carboxylic acids is 2. The van der Waals surface area contributed by atoms with E-state index >= 15 is 0 Å². The van der Waals surface area contributed by atoms with Crippen LogP contribution in [-0.2, 0) is 4.79 Å². The van der Waals surface area contributed by atoms with Crippen LogP contribution in [0.1, 0.15) is 27.5 Å². The molecule has 1 aliphatic heterocycles. The van der Waals surface area contributed by atoms with Gasteiger partial charge >= 0.3 is 0 Å². The Morgan fingerprint density at radius 2 is 1.64 bits per heavy atom. The number of halogens is 1. The van der Waals surface area contributed by atoms with Crippen LogP contribution in [0.4, 0.5) is 0 Å². The zero-order valence-corrected chi connectivity index (χ0v) is 17.9. The number of fused-ring (bicyclic) bond motifs is 2. The van der Waals surface area contributed by atoms with Crippen LogP contribution in [0.25, 0.3) is 10.9 Å². The van der Waals surface area contributed by atoms with E-state index in [1.165, 1.54) is 16.8 Å². The fourth-order valence-corrected chi connectivity index (χ4v) is 4.09. The molecule has 0 aliphatic carbocycles. The molecule has 1 aromatic heterocycles. The molecule has 5 rings (SSSR count). The number of hydrogen-bond donors (Lipinski definition) is 1. The molecule has 0 bridgehead atoms. The van der Waals surface area contributed by atoms with Gasteiger partial charge in [-0.15, -0.1) is 0 Å². The summed E-state index contributed by atoms with van der Waals surface area (Å²) in [5.74, 6) is -0.319. The first-order valence-electron chi connectivity index (χ1n) is 10.1. The van der Waals surface area contributed by atoms with Gasteiger partial charge in [0.1, 0.15) is 6.04 Å². The molecule has 0 fully saturated rings. The molecule has 1 atom stereocenters. The van der Waals surface area contributed by atoms with Crippen LogP contribution in [0.3, 0.4) is 0 Å². The van der Waals surface area contributed by atoms with E-state index in [0.29, 0.717) is 33.2 Å². The van der Waals surface area contributed by atoms with Crippen molar-refractivity contribution in [3.63, 3.8) is 0 Å². The van der Waals surface area contributed by atoms with Crippen LogP contribution in [0.2, 0.25) is 5.02 Å². The van der Waals surface area contributed by atoms with Gasteiger partial charge in [0.05, 0.1) is 16.5 Å². The summed E-state index contributed by atoms with van der Waals surface area (Å²) in [6.45, 7) is 0.00603. The molecule has 33 heavy (non-hydrogen) atoms. The molecule has 7 nitrogen and oxygen atoms in total. The molecular formula is C25H17ClN2O5. The summed E-state index contributed by atoms with van der Waals surface area (Å²) < 4.78 is 12.4. The highest BCUT2D eigenvalue weighted by atomic mass is 35.5. The van der Waals surface area contributed by atoms with Crippen molar-refractivity contribution < 1.29 is 19.1 Å². The molecule has 0 spiro atoms. The van der Waals surface area contributed by atoms with E-state index < -0.39 is 23.2 Å². The number of nitrogens with two attached hydrogens (primary N) is 1. The number of benzene rings is 3. The Morgan fingerprint density at radius 1 is 0.970 bits per heavy atom. The van der Waals surface area contributed by atoms with Crippen LogP contribution in [0, 0.1) is 0 Å². The number of pyridine rings is 1. The first kappa shape index (κ1) is 20.8. The number of nitrogens with zero attached hydrogens (tertiary/aromatic N) is 1.